The molecule has 0 aliphatic carbocycles. The van der Waals surface area contributed by atoms with Crippen LogP contribution in [0.1, 0.15) is 5.56 Å². The maximum Gasteiger partial charge on any atom is 0.139 e. The van der Waals surface area contributed by atoms with Crippen molar-refractivity contribution in [3.63, 3.8) is 0 Å². The van der Waals surface area contributed by atoms with Crippen LogP contribution in [0.25, 0.3) is 0 Å². The monoisotopic (exact) mass is 332 g/mol. The molecule has 1 aromatic rings. The van der Waals surface area contributed by atoms with E-state index in [2.05, 4.69) is 15.9 Å². The van der Waals surface area contributed by atoms with Crippen molar-refractivity contribution in [2.75, 3.05) is 13.1 Å². The maximum atomic E-state index is 13.8. The molecule has 0 amide bonds. The standard InChI is InChI=1S/C10H14BrFN2.2ClH/c11-9-3-1-2-8(4-9)5-10(12,6-13)7-14;;/h1-4H,5-7,13-14H2;2*1H. The molecule has 16 heavy (non-hydrogen) atoms. The fourth-order valence-electron chi connectivity index (χ4n) is 1.24. The Balaban J connectivity index is 0. The van der Waals surface area contributed by atoms with Crippen molar-refractivity contribution in [3.05, 3.63) is 34.3 Å². The Morgan fingerprint density at radius 2 is 1.75 bits per heavy atom. The van der Waals surface area contributed by atoms with Gasteiger partial charge in [-0.2, -0.15) is 0 Å². The number of rotatable bonds is 4. The van der Waals surface area contributed by atoms with Gasteiger partial charge in [0.25, 0.3) is 0 Å². The minimum absolute atomic E-state index is 0. The molecular formula is C10H16BrCl2FN2. The van der Waals surface area contributed by atoms with E-state index < -0.39 is 5.67 Å². The molecule has 0 atom stereocenters. The molecule has 0 aromatic heterocycles. The van der Waals surface area contributed by atoms with Crippen LogP contribution < -0.4 is 11.5 Å². The molecule has 0 saturated heterocycles. The number of nitrogens with two attached hydrogens (primary N) is 2. The van der Waals surface area contributed by atoms with Gasteiger partial charge in [0, 0.05) is 24.0 Å². The van der Waals surface area contributed by atoms with E-state index in [1.165, 1.54) is 0 Å². The van der Waals surface area contributed by atoms with Crippen LogP contribution in [0.4, 0.5) is 4.39 Å². The second kappa shape index (κ2) is 8.25. The minimum atomic E-state index is -1.49. The second-order valence-corrected chi connectivity index (χ2v) is 4.28. The topological polar surface area (TPSA) is 52.0 Å². The zero-order valence-electron chi connectivity index (χ0n) is 8.66. The molecule has 1 rings (SSSR count). The number of hydrogen-bond donors (Lipinski definition) is 2. The molecule has 0 aliphatic rings. The van der Waals surface area contributed by atoms with Crippen molar-refractivity contribution in [3.8, 4) is 0 Å². The van der Waals surface area contributed by atoms with Gasteiger partial charge in [-0.3, -0.25) is 0 Å². The summed E-state index contributed by atoms with van der Waals surface area (Å²) in [5.74, 6) is 0. The second-order valence-electron chi connectivity index (χ2n) is 3.37. The van der Waals surface area contributed by atoms with Crippen LogP contribution >= 0.6 is 40.7 Å². The molecule has 0 spiro atoms. The SMILES string of the molecule is Cl.Cl.NCC(F)(CN)Cc1cccc(Br)c1. The molecule has 6 heteroatoms. The number of alkyl halides is 1. The van der Waals surface area contributed by atoms with E-state index in [0.29, 0.717) is 0 Å². The van der Waals surface area contributed by atoms with E-state index >= 15 is 0 Å². The van der Waals surface area contributed by atoms with Gasteiger partial charge in [-0.1, -0.05) is 28.1 Å². The summed E-state index contributed by atoms with van der Waals surface area (Å²) in [6.07, 6.45) is 0.263. The van der Waals surface area contributed by atoms with Crippen LogP contribution in [0.5, 0.6) is 0 Å². The Labute approximate surface area is 116 Å². The van der Waals surface area contributed by atoms with Gasteiger partial charge in [0.15, 0.2) is 0 Å². The van der Waals surface area contributed by atoms with Crippen LogP contribution in [0, 0.1) is 0 Å². The number of hydrogen-bond acceptors (Lipinski definition) is 2. The molecule has 0 aliphatic heterocycles. The minimum Gasteiger partial charge on any atom is -0.327 e. The van der Waals surface area contributed by atoms with Gasteiger partial charge in [0.05, 0.1) is 0 Å². The Morgan fingerprint density at radius 1 is 1.19 bits per heavy atom. The molecule has 0 bridgehead atoms. The largest absolute Gasteiger partial charge is 0.327 e. The van der Waals surface area contributed by atoms with Gasteiger partial charge in [0.1, 0.15) is 5.67 Å². The lowest BCUT2D eigenvalue weighted by Crippen LogP contribution is -2.42. The van der Waals surface area contributed by atoms with Crippen molar-refractivity contribution in [1.82, 2.24) is 0 Å². The Hall–Kier alpha value is 0.130. The Kier molecular flexibility index (Phi) is 9.54. The molecule has 1 aromatic carbocycles. The Morgan fingerprint density at radius 3 is 2.19 bits per heavy atom. The van der Waals surface area contributed by atoms with E-state index in [-0.39, 0.29) is 44.3 Å². The molecule has 0 saturated carbocycles. The number of benzene rings is 1. The maximum absolute atomic E-state index is 13.8. The summed E-state index contributed by atoms with van der Waals surface area (Å²) in [6.45, 7) is -0.0912. The van der Waals surface area contributed by atoms with Gasteiger partial charge < -0.3 is 11.5 Å². The lowest BCUT2D eigenvalue weighted by atomic mass is 9.97. The summed E-state index contributed by atoms with van der Waals surface area (Å²) in [5.41, 5.74) is 10.1. The van der Waals surface area contributed by atoms with Crippen LogP contribution in [-0.4, -0.2) is 18.8 Å². The molecule has 2 nitrogen and oxygen atoms in total. The van der Waals surface area contributed by atoms with Crippen molar-refractivity contribution in [2.45, 2.75) is 12.1 Å². The fraction of sp³-hybridized carbons (Fsp3) is 0.400. The lowest BCUT2D eigenvalue weighted by Gasteiger charge is -2.21. The molecule has 0 heterocycles. The molecule has 0 unspecified atom stereocenters. The molecule has 0 fully saturated rings. The third-order valence-corrected chi connectivity index (χ3v) is 2.63. The van der Waals surface area contributed by atoms with Gasteiger partial charge in [-0.15, -0.1) is 24.8 Å². The van der Waals surface area contributed by atoms with Crippen molar-refractivity contribution < 1.29 is 4.39 Å². The molecule has 94 valence electrons. The molecule has 4 N–H and O–H groups in total. The summed E-state index contributed by atoms with van der Waals surface area (Å²) in [4.78, 5) is 0. The average molecular weight is 334 g/mol. The average Bonchev–Trinajstić information content (AvgIpc) is 2.18. The van der Waals surface area contributed by atoms with E-state index in [1.807, 2.05) is 24.3 Å². The van der Waals surface area contributed by atoms with Crippen LogP contribution in [0.3, 0.4) is 0 Å². The third kappa shape index (κ3) is 5.46. The summed E-state index contributed by atoms with van der Waals surface area (Å²) in [5, 5.41) is 0. The van der Waals surface area contributed by atoms with Gasteiger partial charge in [-0.25, -0.2) is 4.39 Å². The number of halogens is 4. The van der Waals surface area contributed by atoms with Crippen molar-refractivity contribution in [2.24, 2.45) is 11.5 Å². The normalized spacial score (nSPS) is 10.2. The highest BCUT2D eigenvalue weighted by Gasteiger charge is 2.26. The van der Waals surface area contributed by atoms with Gasteiger partial charge >= 0.3 is 0 Å². The predicted molar refractivity (Wildman–Crippen MR) is 74.3 cm³/mol. The first kappa shape index (κ1) is 18.5. The van der Waals surface area contributed by atoms with E-state index in [4.69, 9.17) is 11.5 Å². The fourth-order valence-corrected chi connectivity index (χ4v) is 1.69. The van der Waals surface area contributed by atoms with Crippen molar-refractivity contribution in [1.29, 1.82) is 0 Å². The quantitative estimate of drug-likeness (QED) is 0.889. The first-order chi connectivity index (χ1) is 6.59. The third-order valence-electron chi connectivity index (χ3n) is 2.14. The summed E-state index contributed by atoms with van der Waals surface area (Å²) in [6, 6.07) is 7.51. The first-order valence-corrected chi connectivity index (χ1v) is 5.22. The van der Waals surface area contributed by atoms with Crippen LogP contribution in [-0.2, 0) is 6.42 Å². The van der Waals surface area contributed by atoms with Gasteiger partial charge in [0.2, 0.25) is 0 Å². The summed E-state index contributed by atoms with van der Waals surface area (Å²) in [7, 11) is 0. The molecule has 0 radical (unpaired) electrons. The Bertz CT molecular complexity index is 309. The lowest BCUT2D eigenvalue weighted by molar-refractivity contribution is 0.184. The van der Waals surface area contributed by atoms with Crippen LogP contribution in [0.15, 0.2) is 28.7 Å². The first-order valence-electron chi connectivity index (χ1n) is 4.43. The zero-order valence-corrected chi connectivity index (χ0v) is 11.9. The van der Waals surface area contributed by atoms with Crippen LogP contribution in [0.2, 0.25) is 0 Å². The highest BCUT2D eigenvalue weighted by atomic mass is 79.9. The highest BCUT2D eigenvalue weighted by Crippen LogP contribution is 2.19. The van der Waals surface area contributed by atoms with E-state index in [9.17, 15) is 4.39 Å². The summed E-state index contributed by atoms with van der Waals surface area (Å²) < 4.78 is 14.7. The van der Waals surface area contributed by atoms with E-state index in [0.717, 1.165) is 10.0 Å². The zero-order chi connectivity index (χ0) is 10.6. The summed E-state index contributed by atoms with van der Waals surface area (Å²) >= 11 is 3.33. The van der Waals surface area contributed by atoms with Gasteiger partial charge in [-0.05, 0) is 17.7 Å². The smallest absolute Gasteiger partial charge is 0.139 e. The van der Waals surface area contributed by atoms with Crippen molar-refractivity contribution >= 4 is 40.7 Å². The predicted octanol–water partition coefficient (Wildman–Crippen LogP) is 2.46. The molecular weight excluding hydrogens is 318 g/mol. The van der Waals surface area contributed by atoms with E-state index in [1.54, 1.807) is 0 Å². The highest BCUT2D eigenvalue weighted by molar-refractivity contribution is 9.10.